The Morgan fingerprint density at radius 2 is 1.81 bits per heavy atom. The summed E-state index contributed by atoms with van der Waals surface area (Å²) in [5.74, 6) is 1.10. The Labute approximate surface area is 158 Å². The van der Waals surface area contributed by atoms with E-state index in [0.29, 0.717) is 35.3 Å². The van der Waals surface area contributed by atoms with Crippen LogP contribution in [0, 0.1) is 17.3 Å². The van der Waals surface area contributed by atoms with E-state index in [9.17, 15) is 14.7 Å². The molecule has 0 radical (unpaired) electrons. The van der Waals surface area contributed by atoms with Crippen molar-refractivity contribution in [3.63, 3.8) is 0 Å². The van der Waals surface area contributed by atoms with Gasteiger partial charge in [-0.05, 0) is 62.5 Å². The highest BCUT2D eigenvalue weighted by atomic mass is 16.5. The van der Waals surface area contributed by atoms with Crippen molar-refractivity contribution in [3.05, 3.63) is 23.8 Å². The summed E-state index contributed by atoms with van der Waals surface area (Å²) >= 11 is 0. The molecule has 4 fully saturated rings. The minimum atomic E-state index is -0.730. The first kappa shape index (κ1) is 18.3. The summed E-state index contributed by atoms with van der Waals surface area (Å²) in [5.41, 5.74) is -0.995. The van der Waals surface area contributed by atoms with E-state index in [2.05, 4.69) is 0 Å². The third kappa shape index (κ3) is 3.20. The Morgan fingerprint density at radius 1 is 1.11 bits per heavy atom. The Morgan fingerprint density at radius 3 is 2.41 bits per heavy atom. The van der Waals surface area contributed by atoms with Crippen LogP contribution < -0.4 is 9.47 Å². The SMILES string of the molecule is COc1ccc(C(=O)COC(=O)C23C[C@@H]4C[C@@H](CC(O)(C4)C2)C3)c(OC)c1. The lowest BCUT2D eigenvalue weighted by Crippen LogP contribution is -2.58. The standard InChI is InChI=1S/C21H26O6/c1-25-15-3-4-16(18(6-15)26-2)17(22)11-27-19(23)20-7-13-5-14(8-20)10-21(24,9-13)12-20/h3-4,6,13-14,24H,5,7-12H2,1-2H3/t13-,14+,20?,21?. The fourth-order valence-electron chi connectivity index (χ4n) is 5.84. The quantitative estimate of drug-likeness (QED) is 0.609. The van der Waals surface area contributed by atoms with Gasteiger partial charge in [-0.25, -0.2) is 0 Å². The van der Waals surface area contributed by atoms with Crippen LogP contribution >= 0.6 is 0 Å². The molecular formula is C21H26O6. The molecule has 0 spiro atoms. The highest BCUT2D eigenvalue weighted by molar-refractivity contribution is 6.00. The Bertz CT molecular complexity index is 756. The van der Waals surface area contributed by atoms with E-state index in [0.717, 1.165) is 32.1 Å². The molecular weight excluding hydrogens is 348 g/mol. The van der Waals surface area contributed by atoms with Gasteiger partial charge < -0.3 is 19.3 Å². The molecule has 0 heterocycles. The van der Waals surface area contributed by atoms with Gasteiger partial charge in [0.2, 0.25) is 5.78 Å². The smallest absolute Gasteiger partial charge is 0.312 e. The van der Waals surface area contributed by atoms with Crippen molar-refractivity contribution in [2.24, 2.45) is 17.3 Å². The minimum absolute atomic E-state index is 0.314. The summed E-state index contributed by atoms with van der Waals surface area (Å²) in [5, 5.41) is 10.8. The van der Waals surface area contributed by atoms with Crippen LogP contribution in [0.3, 0.4) is 0 Å². The Balaban J connectivity index is 1.45. The van der Waals surface area contributed by atoms with Crippen LogP contribution in [0.1, 0.15) is 48.9 Å². The van der Waals surface area contributed by atoms with Gasteiger partial charge in [-0.15, -0.1) is 0 Å². The zero-order valence-corrected chi connectivity index (χ0v) is 15.8. The highest BCUT2D eigenvalue weighted by Gasteiger charge is 2.60. The molecule has 2 unspecified atom stereocenters. The van der Waals surface area contributed by atoms with Gasteiger partial charge in [0.1, 0.15) is 11.5 Å². The van der Waals surface area contributed by atoms with Crippen molar-refractivity contribution >= 4 is 11.8 Å². The highest BCUT2D eigenvalue weighted by Crippen LogP contribution is 2.61. The summed E-state index contributed by atoms with van der Waals surface area (Å²) in [6.07, 6.45) is 4.68. The number of benzene rings is 1. The van der Waals surface area contributed by atoms with Crippen LogP contribution in [0.15, 0.2) is 18.2 Å². The topological polar surface area (TPSA) is 82.1 Å². The molecule has 6 heteroatoms. The van der Waals surface area contributed by atoms with Gasteiger partial charge in [-0.2, -0.15) is 0 Å². The number of hydrogen-bond acceptors (Lipinski definition) is 6. The second-order valence-electron chi connectivity index (χ2n) is 8.53. The zero-order valence-electron chi connectivity index (χ0n) is 15.8. The first-order chi connectivity index (χ1) is 12.9. The number of esters is 1. The van der Waals surface area contributed by atoms with E-state index in [1.807, 2.05) is 0 Å². The Hall–Kier alpha value is -2.08. The molecule has 5 rings (SSSR count). The zero-order chi connectivity index (χ0) is 19.2. The number of ether oxygens (including phenoxy) is 3. The van der Waals surface area contributed by atoms with Crippen LogP contribution in [-0.4, -0.2) is 43.3 Å². The van der Waals surface area contributed by atoms with Crippen molar-refractivity contribution in [1.82, 2.24) is 0 Å². The predicted molar refractivity (Wildman–Crippen MR) is 96.9 cm³/mol. The molecule has 4 aliphatic carbocycles. The van der Waals surface area contributed by atoms with Gasteiger partial charge >= 0.3 is 5.97 Å². The maximum Gasteiger partial charge on any atom is 0.312 e. The van der Waals surface area contributed by atoms with E-state index in [-0.39, 0.29) is 18.4 Å². The van der Waals surface area contributed by atoms with Gasteiger partial charge in [-0.1, -0.05) is 0 Å². The van der Waals surface area contributed by atoms with Crippen LogP contribution in [0.5, 0.6) is 11.5 Å². The normalized spacial score (nSPS) is 33.6. The average molecular weight is 374 g/mol. The van der Waals surface area contributed by atoms with Crippen LogP contribution in [0.25, 0.3) is 0 Å². The van der Waals surface area contributed by atoms with Crippen molar-refractivity contribution in [1.29, 1.82) is 0 Å². The minimum Gasteiger partial charge on any atom is -0.497 e. The van der Waals surface area contributed by atoms with E-state index < -0.39 is 11.0 Å². The number of aliphatic hydroxyl groups is 1. The van der Waals surface area contributed by atoms with Crippen LogP contribution in [0.4, 0.5) is 0 Å². The van der Waals surface area contributed by atoms with Gasteiger partial charge in [0.15, 0.2) is 6.61 Å². The summed E-state index contributed by atoms with van der Waals surface area (Å²) < 4.78 is 15.8. The molecule has 0 saturated heterocycles. The summed E-state index contributed by atoms with van der Waals surface area (Å²) in [7, 11) is 3.02. The van der Waals surface area contributed by atoms with Crippen molar-refractivity contribution in [2.75, 3.05) is 20.8 Å². The van der Waals surface area contributed by atoms with Gasteiger partial charge in [0.05, 0.1) is 30.8 Å². The molecule has 4 saturated carbocycles. The molecule has 4 bridgehead atoms. The average Bonchev–Trinajstić information content (AvgIpc) is 2.63. The number of hydrogen-bond donors (Lipinski definition) is 1. The summed E-state index contributed by atoms with van der Waals surface area (Å²) in [6, 6.07) is 4.91. The van der Waals surface area contributed by atoms with E-state index in [1.54, 1.807) is 18.2 Å². The molecule has 4 atom stereocenters. The van der Waals surface area contributed by atoms with Crippen LogP contribution in [0.2, 0.25) is 0 Å². The van der Waals surface area contributed by atoms with Crippen LogP contribution in [-0.2, 0) is 9.53 Å². The lowest BCUT2D eigenvalue weighted by Gasteiger charge is -2.58. The first-order valence-electron chi connectivity index (χ1n) is 9.51. The predicted octanol–water partition coefficient (Wildman–Crippen LogP) is 2.76. The molecule has 0 aromatic heterocycles. The third-order valence-corrected chi connectivity index (χ3v) is 6.51. The molecule has 0 aliphatic heterocycles. The number of methoxy groups -OCH3 is 2. The van der Waals surface area contributed by atoms with E-state index in [1.165, 1.54) is 14.2 Å². The second-order valence-corrected chi connectivity index (χ2v) is 8.53. The number of carbonyl (C=O) groups is 2. The fraction of sp³-hybridized carbons (Fsp3) is 0.619. The summed E-state index contributed by atoms with van der Waals surface area (Å²) in [6.45, 7) is -0.322. The van der Waals surface area contributed by atoms with E-state index >= 15 is 0 Å². The van der Waals surface area contributed by atoms with Crippen molar-refractivity contribution in [3.8, 4) is 11.5 Å². The number of rotatable bonds is 6. The Kier molecular flexibility index (Phi) is 4.41. The van der Waals surface area contributed by atoms with Gasteiger partial charge in [0, 0.05) is 6.07 Å². The van der Waals surface area contributed by atoms with Gasteiger partial charge in [-0.3, -0.25) is 9.59 Å². The number of ketones is 1. The molecule has 0 amide bonds. The molecule has 6 nitrogen and oxygen atoms in total. The largest absolute Gasteiger partial charge is 0.497 e. The monoisotopic (exact) mass is 374 g/mol. The van der Waals surface area contributed by atoms with Gasteiger partial charge in [0.25, 0.3) is 0 Å². The molecule has 27 heavy (non-hydrogen) atoms. The van der Waals surface area contributed by atoms with Crippen molar-refractivity contribution in [2.45, 2.75) is 44.1 Å². The maximum absolute atomic E-state index is 12.9. The second kappa shape index (κ2) is 6.51. The lowest BCUT2D eigenvalue weighted by atomic mass is 9.48. The van der Waals surface area contributed by atoms with Crippen molar-refractivity contribution < 1.29 is 28.9 Å². The number of carbonyl (C=O) groups excluding carboxylic acids is 2. The van der Waals surface area contributed by atoms with E-state index in [4.69, 9.17) is 14.2 Å². The molecule has 1 N–H and O–H groups in total. The summed E-state index contributed by atoms with van der Waals surface area (Å²) in [4.78, 5) is 25.5. The maximum atomic E-state index is 12.9. The first-order valence-corrected chi connectivity index (χ1v) is 9.51. The third-order valence-electron chi connectivity index (χ3n) is 6.51. The molecule has 146 valence electrons. The molecule has 4 aliphatic rings. The lowest BCUT2D eigenvalue weighted by molar-refractivity contribution is -0.195. The fourth-order valence-corrected chi connectivity index (χ4v) is 5.84. The number of Topliss-reactive ketones (excluding diaryl/α,β-unsaturated/α-hetero) is 1. The molecule has 1 aromatic rings. The molecule has 1 aromatic carbocycles.